The van der Waals surface area contributed by atoms with Gasteiger partial charge in [0.15, 0.2) is 0 Å². The third kappa shape index (κ3) is 5.55. The van der Waals surface area contributed by atoms with E-state index < -0.39 is 11.9 Å². The molecular weight excluding hydrogens is 306 g/mol. The molecule has 1 atom stereocenters. The highest BCUT2D eigenvalue weighted by Gasteiger charge is 2.33. The molecule has 132 valence electrons. The molecule has 24 heavy (non-hydrogen) atoms. The molecule has 0 saturated carbocycles. The van der Waals surface area contributed by atoms with Gasteiger partial charge in [-0.2, -0.15) is 0 Å². The molecule has 0 aromatic heterocycles. The van der Waals surface area contributed by atoms with Crippen LogP contribution >= 0.6 is 0 Å². The van der Waals surface area contributed by atoms with Crippen LogP contribution in [0.2, 0.25) is 0 Å². The maximum absolute atomic E-state index is 11.8. The third-order valence-electron chi connectivity index (χ3n) is 4.42. The second-order valence-corrected chi connectivity index (χ2v) is 6.38. The number of amides is 1. The summed E-state index contributed by atoms with van der Waals surface area (Å²) in [5, 5.41) is 8.99. The molecule has 1 saturated heterocycles. The fraction of sp³-hybridized carbons (Fsp3) is 0.579. The van der Waals surface area contributed by atoms with Gasteiger partial charge in [0.25, 0.3) is 0 Å². The Labute approximate surface area is 143 Å². The van der Waals surface area contributed by atoms with E-state index in [0.717, 1.165) is 30.8 Å². The predicted octanol–water partition coefficient (Wildman–Crippen LogP) is 3.12. The van der Waals surface area contributed by atoms with Crippen molar-refractivity contribution in [3.8, 4) is 5.75 Å². The lowest BCUT2D eigenvalue weighted by Crippen LogP contribution is -2.28. The quantitative estimate of drug-likeness (QED) is 0.668. The lowest BCUT2D eigenvalue weighted by atomic mass is 10.1. The summed E-state index contributed by atoms with van der Waals surface area (Å²) in [4.78, 5) is 24.4. The number of hydrogen-bond acceptors (Lipinski definition) is 3. The smallest absolute Gasteiger partial charge is 0.308 e. The molecule has 1 aliphatic heterocycles. The Hall–Kier alpha value is -2.04. The van der Waals surface area contributed by atoms with Crippen molar-refractivity contribution in [3.63, 3.8) is 0 Å². The topological polar surface area (TPSA) is 66.8 Å². The van der Waals surface area contributed by atoms with Crippen molar-refractivity contribution in [1.29, 1.82) is 0 Å². The summed E-state index contributed by atoms with van der Waals surface area (Å²) in [6.45, 7) is 3.84. The van der Waals surface area contributed by atoms with Gasteiger partial charge in [-0.25, -0.2) is 0 Å². The van der Waals surface area contributed by atoms with Crippen LogP contribution in [0.5, 0.6) is 5.75 Å². The summed E-state index contributed by atoms with van der Waals surface area (Å²) < 4.78 is 5.71. The summed E-state index contributed by atoms with van der Waals surface area (Å²) in [5.41, 5.74) is 1.12. The molecule has 0 bridgehead atoms. The van der Waals surface area contributed by atoms with Crippen molar-refractivity contribution in [2.24, 2.45) is 5.92 Å². The van der Waals surface area contributed by atoms with Crippen LogP contribution in [-0.4, -0.2) is 41.6 Å². The number of ether oxygens (including phenoxy) is 1. The number of carboxylic acids is 1. The largest absolute Gasteiger partial charge is 0.494 e. The molecular formula is C19H27NO4. The maximum Gasteiger partial charge on any atom is 0.308 e. The normalized spacial score (nSPS) is 17.3. The molecule has 1 aromatic carbocycles. The van der Waals surface area contributed by atoms with Crippen LogP contribution < -0.4 is 4.74 Å². The molecule has 5 nitrogen and oxygen atoms in total. The van der Waals surface area contributed by atoms with Gasteiger partial charge in [0.05, 0.1) is 12.5 Å². The van der Waals surface area contributed by atoms with E-state index in [0.29, 0.717) is 13.1 Å². The molecule has 1 unspecified atom stereocenters. The summed E-state index contributed by atoms with van der Waals surface area (Å²) in [5.74, 6) is -0.625. The van der Waals surface area contributed by atoms with Gasteiger partial charge in [-0.3, -0.25) is 9.59 Å². The Balaban J connectivity index is 1.72. The van der Waals surface area contributed by atoms with E-state index in [1.165, 1.54) is 19.3 Å². The van der Waals surface area contributed by atoms with Crippen molar-refractivity contribution in [2.75, 3.05) is 19.7 Å². The summed E-state index contributed by atoms with van der Waals surface area (Å²) in [6.07, 6.45) is 5.61. The van der Waals surface area contributed by atoms with Crippen LogP contribution in [0.1, 0.15) is 44.6 Å². The van der Waals surface area contributed by atoms with Crippen LogP contribution in [-0.2, 0) is 16.0 Å². The number of benzene rings is 1. The van der Waals surface area contributed by atoms with E-state index in [2.05, 4.69) is 6.92 Å². The molecule has 1 amide bonds. The number of likely N-dealkylation sites (tertiary alicyclic amines) is 1. The van der Waals surface area contributed by atoms with E-state index in [1.54, 1.807) is 4.90 Å². The standard InChI is InChI=1S/C19H27NO4/c1-2-3-4-5-12-24-17-8-6-15(7-9-17)10-11-20-14-16(19(22)23)13-18(20)21/h6-9,16H,2-5,10-14H2,1H3,(H,22,23). The lowest BCUT2D eigenvalue weighted by molar-refractivity contribution is -0.141. The van der Waals surface area contributed by atoms with Gasteiger partial charge in [-0.1, -0.05) is 38.3 Å². The minimum atomic E-state index is -0.883. The minimum absolute atomic E-state index is 0.0607. The highest BCUT2D eigenvalue weighted by molar-refractivity contribution is 5.86. The monoisotopic (exact) mass is 333 g/mol. The van der Waals surface area contributed by atoms with Crippen LogP contribution in [0, 0.1) is 5.92 Å². The van der Waals surface area contributed by atoms with Crippen LogP contribution in [0.4, 0.5) is 0 Å². The van der Waals surface area contributed by atoms with E-state index >= 15 is 0 Å². The second-order valence-electron chi connectivity index (χ2n) is 6.38. The molecule has 0 spiro atoms. The first-order valence-corrected chi connectivity index (χ1v) is 8.82. The number of hydrogen-bond donors (Lipinski definition) is 1. The molecule has 1 aliphatic rings. The molecule has 2 rings (SSSR count). The molecule has 0 aliphatic carbocycles. The third-order valence-corrected chi connectivity index (χ3v) is 4.42. The van der Waals surface area contributed by atoms with Crippen molar-refractivity contribution in [1.82, 2.24) is 4.90 Å². The highest BCUT2D eigenvalue weighted by Crippen LogP contribution is 2.19. The Bertz CT molecular complexity index is 541. The lowest BCUT2D eigenvalue weighted by Gasteiger charge is -2.16. The first-order valence-electron chi connectivity index (χ1n) is 8.82. The van der Waals surface area contributed by atoms with Crippen LogP contribution in [0.25, 0.3) is 0 Å². The zero-order chi connectivity index (χ0) is 17.4. The number of unbranched alkanes of at least 4 members (excludes halogenated alkanes) is 3. The van der Waals surface area contributed by atoms with Crippen molar-refractivity contribution < 1.29 is 19.4 Å². The van der Waals surface area contributed by atoms with Gasteiger partial charge in [-0.15, -0.1) is 0 Å². The van der Waals surface area contributed by atoms with Crippen molar-refractivity contribution in [2.45, 2.75) is 45.4 Å². The Kier molecular flexibility index (Phi) is 7.09. The van der Waals surface area contributed by atoms with Crippen LogP contribution in [0.3, 0.4) is 0 Å². The van der Waals surface area contributed by atoms with Gasteiger partial charge < -0.3 is 14.7 Å². The van der Waals surface area contributed by atoms with Gasteiger partial charge in [0.2, 0.25) is 5.91 Å². The zero-order valence-corrected chi connectivity index (χ0v) is 14.4. The number of carbonyl (C=O) groups excluding carboxylic acids is 1. The fourth-order valence-electron chi connectivity index (χ4n) is 2.89. The minimum Gasteiger partial charge on any atom is -0.494 e. The predicted molar refractivity (Wildman–Crippen MR) is 92.1 cm³/mol. The summed E-state index contributed by atoms with van der Waals surface area (Å²) >= 11 is 0. The van der Waals surface area contributed by atoms with Gasteiger partial charge >= 0.3 is 5.97 Å². The van der Waals surface area contributed by atoms with Crippen molar-refractivity contribution in [3.05, 3.63) is 29.8 Å². The number of carbonyl (C=O) groups is 2. The van der Waals surface area contributed by atoms with Crippen LogP contribution in [0.15, 0.2) is 24.3 Å². The first-order chi connectivity index (χ1) is 11.6. The van der Waals surface area contributed by atoms with Gasteiger partial charge in [0.1, 0.15) is 5.75 Å². The zero-order valence-electron chi connectivity index (χ0n) is 14.4. The second kappa shape index (κ2) is 9.30. The fourth-order valence-corrected chi connectivity index (χ4v) is 2.89. The molecule has 1 heterocycles. The maximum atomic E-state index is 11.8. The summed E-state index contributed by atoms with van der Waals surface area (Å²) in [7, 11) is 0. The number of carboxylic acid groups (broad SMARTS) is 1. The molecule has 1 aromatic rings. The first kappa shape index (κ1) is 18.3. The van der Waals surface area contributed by atoms with Crippen molar-refractivity contribution >= 4 is 11.9 Å². The Morgan fingerprint density at radius 2 is 2.00 bits per heavy atom. The van der Waals surface area contributed by atoms with Gasteiger partial charge in [-0.05, 0) is 30.5 Å². The average Bonchev–Trinajstić information content (AvgIpc) is 2.95. The van der Waals surface area contributed by atoms with E-state index in [1.807, 2.05) is 24.3 Å². The van der Waals surface area contributed by atoms with E-state index in [-0.39, 0.29) is 12.3 Å². The number of nitrogens with zero attached hydrogens (tertiary/aromatic N) is 1. The molecule has 1 N–H and O–H groups in total. The summed E-state index contributed by atoms with van der Waals surface area (Å²) in [6, 6.07) is 7.94. The SMILES string of the molecule is CCCCCCOc1ccc(CCN2CC(C(=O)O)CC2=O)cc1. The average molecular weight is 333 g/mol. The molecule has 1 fully saturated rings. The Morgan fingerprint density at radius 1 is 1.25 bits per heavy atom. The van der Waals surface area contributed by atoms with E-state index in [9.17, 15) is 9.59 Å². The number of aliphatic carboxylic acids is 1. The number of rotatable bonds is 10. The molecule has 0 radical (unpaired) electrons. The van der Waals surface area contributed by atoms with Gasteiger partial charge in [0, 0.05) is 19.5 Å². The Morgan fingerprint density at radius 3 is 2.62 bits per heavy atom. The van der Waals surface area contributed by atoms with E-state index in [4.69, 9.17) is 9.84 Å². The molecule has 5 heteroatoms. The highest BCUT2D eigenvalue weighted by atomic mass is 16.5.